The SMILES string of the molecule is COc1ccc(CC(=O)NC(C)C(O)Cc2ccccc2)c(Cl)c1. The number of hydrogen-bond donors (Lipinski definition) is 2. The molecule has 0 bridgehead atoms. The van der Waals surface area contributed by atoms with E-state index in [9.17, 15) is 9.90 Å². The molecule has 0 aliphatic heterocycles. The predicted molar refractivity (Wildman–Crippen MR) is 95.5 cm³/mol. The molecule has 24 heavy (non-hydrogen) atoms. The number of ether oxygens (including phenoxy) is 1. The number of hydrogen-bond acceptors (Lipinski definition) is 3. The van der Waals surface area contributed by atoms with Crippen molar-refractivity contribution in [3.63, 3.8) is 0 Å². The van der Waals surface area contributed by atoms with Gasteiger partial charge in [-0.2, -0.15) is 0 Å². The molecule has 0 fully saturated rings. The number of methoxy groups -OCH3 is 1. The number of amides is 1. The molecule has 2 rings (SSSR count). The molecule has 0 aliphatic carbocycles. The largest absolute Gasteiger partial charge is 0.497 e. The highest BCUT2D eigenvalue weighted by molar-refractivity contribution is 6.31. The van der Waals surface area contributed by atoms with Gasteiger partial charge in [0.2, 0.25) is 5.91 Å². The van der Waals surface area contributed by atoms with Crippen LogP contribution in [0.3, 0.4) is 0 Å². The molecule has 128 valence electrons. The van der Waals surface area contributed by atoms with Gasteiger partial charge in [0.1, 0.15) is 5.75 Å². The van der Waals surface area contributed by atoms with E-state index in [1.165, 1.54) is 0 Å². The van der Waals surface area contributed by atoms with Crippen LogP contribution in [0.5, 0.6) is 5.75 Å². The lowest BCUT2D eigenvalue weighted by Gasteiger charge is -2.20. The molecule has 0 radical (unpaired) electrons. The Balaban J connectivity index is 1.89. The van der Waals surface area contributed by atoms with Crippen LogP contribution in [0.4, 0.5) is 0 Å². The first-order chi connectivity index (χ1) is 11.5. The van der Waals surface area contributed by atoms with Gasteiger partial charge in [0, 0.05) is 11.4 Å². The fourth-order valence-electron chi connectivity index (χ4n) is 2.40. The van der Waals surface area contributed by atoms with Crippen LogP contribution in [0.25, 0.3) is 0 Å². The Hall–Kier alpha value is -2.04. The average Bonchev–Trinajstić information content (AvgIpc) is 2.57. The Morgan fingerprint density at radius 3 is 2.58 bits per heavy atom. The van der Waals surface area contributed by atoms with Gasteiger partial charge < -0.3 is 15.2 Å². The van der Waals surface area contributed by atoms with Gasteiger partial charge in [-0.15, -0.1) is 0 Å². The summed E-state index contributed by atoms with van der Waals surface area (Å²) in [4.78, 5) is 12.2. The third-order valence-electron chi connectivity index (χ3n) is 3.86. The molecule has 2 unspecified atom stereocenters. The minimum Gasteiger partial charge on any atom is -0.497 e. The average molecular weight is 348 g/mol. The number of aliphatic hydroxyl groups excluding tert-OH is 1. The molecule has 2 N–H and O–H groups in total. The van der Waals surface area contributed by atoms with Crippen LogP contribution in [-0.2, 0) is 17.6 Å². The number of rotatable bonds is 7. The van der Waals surface area contributed by atoms with E-state index in [2.05, 4.69) is 5.32 Å². The van der Waals surface area contributed by atoms with Crippen molar-refractivity contribution in [1.29, 1.82) is 0 Å². The van der Waals surface area contributed by atoms with Gasteiger partial charge in [-0.25, -0.2) is 0 Å². The summed E-state index contributed by atoms with van der Waals surface area (Å²) in [5.74, 6) is 0.470. The van der Waals surface area contributed by atoms with E-state index in [1.54, 1.807) is 32.2 Å². The minimum atomic E-state index is -0.650. The summed E-state index contributed by atoms with van der Waals surface area (Å²) in [5, 5.41) is 13.6. The van der Waals surface area contributed by atoms with Gasteiger partial charge in [-0.05, 0) is 30.2 Å². The molecule has 5 heteroatoms. The van der Waals surface area contributed by atoms with E-state index < -0.39 is 6.10 Å². The first-order valence-corrected chi connectivity index (χ1v) is 8.21. The maximum absolute atomic E-state index is 12.2. The zero-order valence-electron chi connectivity index (χ0n) is 13.8. The number of carbonyl (C=O) groups is 1. The zero-order valence-corrected chi connectivity index (χ0v) is 14.6. The highest BCUT2D eigenvalue weighted by Crippen LogP contribution is 2.22. The Labute approximate surface area is 147 Å². The summed E-state index contributed by atoms with van der Waals surface area (Å²) in [6.45, 7) is 1.79. The molecule has 2 aromatic rings. The molecule has 0 aromatic heterocycles. The summed E-state index contributed by atoms with van der Waals surface area (Å²) in [5.41, 5.74) is 1.75. The summed E-state index contributed by atoms with van der Waals surface area (Å²) < 4.78 is 5.09. The molecule has 2 aromatic carbocycles. The molecular weight excluding hydrogens is 326 g/mol. The summed E-state index contributed by atoms with van der Waals surface area (Å²) >= 11 is 6.15. The molecule has 2 atom stereocenters. The lowest BCUT2D eigenvalue weighted by Crippen LogP contribution is -2.42. The molecular formula is C19H22ClNO3. The lowest BCUT2D eigenvalue weighted by atomic mass is 10.0. The molecule has 0 heterocycles. The molecule has 0 aliphatic rings. The van der Waals surface area contributed by atoms with Crippen LogP contribution in [-0.4, -0.2) is 30.3 Å². The van der Waals surface area contributed by atoms with Gasteiger partial charge in [0.25, 0.3) is 0 Å². The Kier molecular flexibility index (Phi) is 6.64. The second-order valence-corrected chi connectivity index (χ2v) is 6.15. The van der Waals surface area contributed by atoms with Crippen LogP contribution < -0.4 is 10.1 Å². The normalized spacial score (nSPS) is 13.2. The Bertz CT molecular complexity index is 676. The highest BCUT2D eigenvalue weighted by atomic mass is 35.5. The topological polar surface area (TPSA) is 58.6 Å². The van der Waals surface area contributed by atoms with Crippen LogP contribution in [0.2, 0.25) is 5.02 Å². The number of nitrogens with one attached hydrogen (secondary N) is 1. The summed E-state index contributed by atoms with van der Waals surface area (Å²) in [7, 11) is 1.56. The van der Waals surface area contributed by atoms with Crippen molar-refractivity contribution >= 4 is 17.5 Å². The predicted octanol–water partition coefficient (Wildman–Crippen LogP) is 3.00. The van der Waals surface area contributed by atoms with E-state index in [0.29, 0.717) is 17.2 Å². The minimum absolute atomic E-state index is 0.158. The van der Waals surface area contributed by atoms with Crippen molar-refractivity contribution in [2.75, 3.05) is 7.11 Å². The monoisotopic (exact) mass is 347 g/mol. The fourth-order valence-corrected chi connectivity index (χ4v) is 2.64. The van der Waals surface area contributed by atoms with E-state index in [4.69, 9.17) is 16.3 Å². The summed E-state index contributed by atoms with van der Waals surface area (Å²) in [6, 6.07) is 14.6. The smallest absolute Gasteiger partial charge is 0.224 e. The van der Waals surface area contributed by atoms with Crippen molar-refractivity contribution in [3.8, 4) is 5.75 Å². The van der Waals surface area contributed by atoms with Crippen LogP contribution in [0, 0.1) is 0 Å². The second kappa shape index (κ2) is 8.71. The quantitative estimate of drug-likeness (QED) is 0.809. The lowest BCUT2D eigenvalue weighted by molar-refractivity contribution is -0.121. The van der Waals surface area contributed by atoms with Gasteiger partial charge in [0.05, 0.1) is 25.7 Å². The van der Waals surface area contributed by atoms with Crippen molar-refractivity contribution in [3.05, 3.63) is 64.7 Å². The molecule has 0 saturated carbocycles. The van der Waals surface area contributed by atoms with Crippen molar-refractivity contribution in [2.45, 2.75) is 31.9 Å². The number of benzene rings is 2. The molecule has 0 spiro atoms. The van der Waals surface area contributed by atoms with Crippen LogP contribution >= 0.6 is 11.6 Å². The molecule has 4 nitrogen and oxygen atoms in total. The van der Waals surface area contributed by atoms with E-state index in [1.807, 2.05) is 30.3 Å². The summed E-state index contributed by atoms with van der Waals surface area (Å²) in [6.07, 6.45) is -0.000681. The fraction of sp³-hybridized carbons (Fsp3) is 0.316. The van der Waals surface area contributed by atoms with Crippen molar-refractivity contribution < 1.29 is 14.6 Å². The Morgan fingerprint density at radius 1 is 1.25 bits per heavy atom. The van der Waals surface area contributed by atoms with Gasteiger partial charge >= 0.3 is 0 Å². The van der Waals surface area contributed by atoms with Gasteiger partial charge in [-0.3, -0.25) is 4.79 Å². The molecule has 0 saturated heterocycles. The first kappa shape index (κ1) is 18.3. The maximum atomic E-state index is 12.2. The standard InChI is InChI=1S/C19H22ClNO3/c1-13(18(22)10-14-6-4-3-5-7-14)21-19(23)11-15-8-9-16(24-2)12-17(15)20/h3-9,12-13,18,22H,10-11H2,1-2H3,(H,21,23). The van der Waals surface area contributed by atoms with Crippen LogP contribution in [0.15, 0.2) is 48.5 Å². The van der Waals surface area contributed by atoms with Crippen molar-refractivity contribution in [1.82, 2.24) is 5.32 Å². The third kappa shape index (κ3) is 5.25. The van der Waals surface area contributed by atoms with Crippen molar-refractivity contribution in [2.24, 2.45) is 0 Å². The number of carbonyl (C=O) groups excluding carboxylic acids is 1. The van der Waals surface area contributed by atoms with Crippen LogP contribution in [0.1, 0.15) is 18.1 Å². The van der Waals surface area contributed by atoms with Gasteiger partial charge in [-0.1, -0.05) is 48.0 Å². The van der Waals surface area contributed by atoms with Gasteiger partial charge in [0.15, 0.2) is 0 Å². The zero-order chi connectivity index (χ0) is 17.5. The maximum Gasteiger partial charge on any atom is 0.224 e. The van der Waals surface area contributed by atoms with E-state index >= 15 is 0 Å². The van der Waals surface area contributed by atoms with E-state index in [0.717, 1.165) is 11.1 Å². The molecule has 1 amide bonds. The second-order valence-electron chi connectivity index (χ2n) is 5.75. The number of halogens is 1. The Morgan fingerprint density at radius 2 is 1.96 bits per heavy atom. The highest BCUT2D eigenvalue weighted by Gasteiger charge is 2.18. The first-order valence-electron chi connectivity index (χ1n) is 7.83. The van der Waals surface area contributed by atoms with E-state index in [-0.39, 0.29) is 18.4 Å². The number of aliphatic hydroxyl groups is 1. The third-order valence-corrected chi connectivity index (χ3v) is 4.22.